The van der Waals surface area contributed by atoms with Crippen LogP contribution in [0.15, 0.2) is 21.0 Å². The fourth-order valence-electron chi connectivity index (χ4n) is 1.78. The molecule has 0 spiro atoms. The Bertz CT molecular complexity index is 647. The maximum atomic E-state index is 13.8. The van der Waals surface area contributed by atoms with Crippen LogP contribution in [0.2, 0.25) is 0 Å². The van der Waals surface area contributed by atoms with E-state index in [0.717, 1.165) is 12.1 Å². The smallest absolute Gasteiger partial charge is 0.373 e. The summed E-state index contributed by atoms with van der Waals surface area (Å²) >= 11 is 2.96. The van der Waals surface area contributed by atoms with Crippen LogP contribution in [-0.4, -0.2) is 16.1 Å². The number of rotatable bonds is 4. The molecule has 1 aromatic heterocycles. The fourth-order valence-corrected chi connectivity index (χ4v) is 2.18. The van der Waals surface area contributed by atoms with Crippen LogP contribution in [0.1, 0.15) is 29.6 Å². The lowest BCUT2D eigenvalue weighted by atomic mass is 10.2. The van der Waals surface area contributed by atoms with E-state index in [4.69, 9.17) is 9.52 Å². The van der Waals surface area contributed by atoms with Gasteiger partial charge in [0.2, 0.25) is 11.7 Å². The second-order valence-electron chi connectivity index (χ2n) is 4.09. The van der Waals surface area contributed by atoms with E-state index in [2.05, 4.69) is 20.9 Å². The predicted octanol–water partition coefficient (Wildman–Crippen LogP) is 4.03. The van der Waals surface area contributed by atoms with Crippen molar-refractivity contribution in [3.05, 3.63) is 39.7 Å². The van der Waals surface area contributed by atoms with Crippen LogP contribution in [0.4, 0.5) is 8.78 Å². The number of carboxylic acid groups (broad SMARTS) is 1. The number of aromatic carboxylic acids is 1. The molecule has 0 fully saturated rings. The molecule has 0 amide bonds. The van der Waals surface area contributed by atoms with Gasteiger partial charge in [0.1, 0.15) is 17.2 Å². The summed E-state index contributed by atoms with van der Waals surface area (Å²) in [6, 6.07) is 2.12. The van der Waals surface area contributed by atoms with Crippen molar-refractivity contribution < 1.29 is 23.1 Å². The Morgan fingerprint density at radius 3 is 2.50 bits per heavy atom. The predicted molar refractivity (Wildman–Crippen MR) is 70.5 cm³/mol. The molecule has 0 saturated heterocycles. The molecule has 0 atom stereocenters. The zero-order chi connectivity index (χ0) is 14.9. The average Bonchev–Trinajstić information content (AvgIpc) is 2.72. The quantitative estimate of drug-likeness (QED) is 0.908. The molecule has 7 heteroatoms. The lowest BCUT2D eigenvalue weighted by molar-refractivity contribution is 0.0661. The van der Waals surface area contributed by atoms with Crippen molar-refractivity contribution in [2.75, 3.05) is 0 Å². The number of aromatic nitrogens is 1. The van der Waals surface area contributed by atoms with E-state index >= 15 is 0 Å². The van der Waals surface area contributed by atoms with E-state index in [9.17, 15) is 13.6 Å². The van der Waals surface area contributed by atoms with Crippen LogP contribution < -0.4 is 0 Å². The first-order valence-corrected chi connectivity index (χ1v) is 6.61. The molecule has 1 N–H and O–H groups in total. The van der Waals surface area contributed by atoms with E-state index < -0.39 is 23.2 Å². The number of hydrogen-bond acceptors (Lipinski definition) is 3. The van der Waals surface area contributed by atoms with Crippen molar-refractivity contribution in [2.24, 2.45) is 0 Å². The third-order valence-corrected chi connectivity index (χ3v) is 3.06. The molecule has 0 bridgehead atoms. The van der Waals surface area contributed by atoms with E-state index in [0.29, 0.717) is 12.8 Å². The molecule has 0 aliphatic carbocycles. The van der Waals surface area contributed by atoms with Crippen LogP contribution >= 0.6 is 15.9 Å². The van der Waals surface area contributed by atoms with Gasteiger partial charge in [0, 0.05) is 4.47 Å². The number of nitrogens with zero attached hydrogens (tertiary/aromatic N) is 1. The molecule has 2 rings (SSSR count). The lowest BCUT2D eigenvalue weighted by Gasteiger charge is -2.01. The zero-order valence-corrected chi connectivity index (χ0v) is 12.0. The molecule has 0 unspecified atom stereocenters. The molecule has 0 radical (unpaired) electrons. The number of carbonyl (C=O) groups is 1. The summed E-state index contributed by atoms with van der Waals surface area (Å²) in [4.78, 5) is 14.9. The van der Waals surface area contributed by atoms with Crippen LogP contribution in [0, 0.1) is 11.6 Å². The number of halogens is 3. The van der Waals surface area contributed by atoms with Crippen LogP contribution in [0.25, 0.3) is 11.5 Å². The van der Waals surface area contributed by atoms with Crippen LogP contribution in [0.3, 0.4) is 0 Å². The summed E-state index contributed by atoms with van der Waals surface area (Å²) in [5.41, 5.74) is -0.297. The first-order valence-electron chi connectivity index (χ1n) is 5.82. The van der Waals surface area contributed by atoms with Gasteiger partial charge >= 0.3 is 5.97 Å². The summed E-state index contributed by atoms with van der Waals surface area (Å²) in [5, 5.41) is 9.01. The Morgan fingerprint density at radius 1 is 1.40 bits per heavy atom. The van der Waals surface area contributed by atoms with Crippen molar-refractivity contribution >= 4 is 21.9 Å². The van der Waals surface area contributed by atoms with E-state index in [1.54, 1.807) is 0 Å². The van der Waals surface area contributed by atoms with Crippen LogP contribution in [0.5, 0.6) is 0 Å². The molecule has 20 heavy (non-hydrogen) atoms. The fraction of sp³-hybridized carbons (Fsp3) is 0.231. The molecule has 0 aliphatic rings. The lowest BCUT2D eigenvalue weighted by Crippen LogP contribution is -1.99. The van der Waals surface area contributed by atoms with Crippen molar-refractivity contribution in [2.45, 2.75) is 19.8 Å². The highest BCUT2D eigenvalue weighted by molar-refractivity contribution is 9.10. The normalized spacial score (nSPS) is 10.8. The van der Waals surface area contributed by atoms with Crippen molar-refractivity contribution in [1.82, 2.24) is 4.98 Å². The minimum absolute atomic E-state index is 0.178. The SMILES string of the molecule is CCCc1nc(-c2c(F)cc(Br)cc2F)oc1C(=O)O. The molecule has 1 heterocycles. The van der Waals surface area contributed by atoms with Gasteiger partial charge in [0.15, 0.2) is 0 Å². The summed E-state index contributed by atoms with van der Waals surface area (Å²) in [7, 11) is 0. The Labute approximate surface area is 121 Å². The minimum atomic E-state index is -1.31. The molecule has 2 aromatic rings. The highest BCUT2D eigenvalue weighted by Gasteiger charge is 2.24. The Kier molecular flexibility index (Phi) is 4.17. The standard InChI is InChI=1S/C13H10BrF2NO3/c1-2-3-9-11(13(18)19)20-12(17-9)10-7(15)4-6(14)5-8(10)16/h4-5H,2-3H2,1H3,(H,18,19). The Morgan fingerprint density at radius 2 is 2.00 bits per heavy atom. The van der Waals surface area contributed by atoms with E-state index in [1.165, 1.54) is 0 Å². The highest BCUT2D eigenvalue weighted by Crippen LogP contribution is 2.30. The number of aryl methyl sites for hydroxylation is 1. The van der Waals surface area contributed by atoms with Gasteiger partial charge in [-0.15, -0.1) is 0 Å². The minimum Gasteiger partial charge on any atom is -0.475 e. The van der Waals surface area contributed by atoms with Gasteiger partial charge in [-0.1, -0.05) is 29.3 Å². The number of carboxylic acids is 1. The summed E-state index contributed by atoms with van der Waals surface area (Å²) in [6.07, 6.45) is 0.989. The van der Waals surface area contributed by atoms with Gasteiger partial charge < -0.3 is 9.52 Å². The third-order valence-electron chi connectivity index (χ3n) is 2.60. The average molecular weight is 346 g/mol. The number of hydrogen-bond donors (Lipinski definition) is 1. The van der Waals surface area contributed by atoms with E-state index in [-0.39, 0.29) is 21.8 Å². The number of benzene rings is 1. The van der Waals surface area contributed by atoms with Crippen molar-refractivity contribution in [1.29, 1.82) is 0 Å². The second-order valence-corrected chi connectivity index (χ2v) is 5.01. The topological polar surface area (TPSA) is 63.3 Å². The maximum absolute atomic E-state index is 13.8. The second kappa shape index (κ2) is 5.70. The third kappa shape index (κ3) is 2.72. The van der Waals surface area contributed by atoms with Gasteiger partial charge in [0.05, 0.1) is 5.69 Å². The Balaban J connectivity index is 2.59. The van der Waals surface area contributed by atoms with Gasteiger partial charge in [0.25, 0.3) is 0 Å². The number of oxazole rings is 1. The van der Waals surface area contributed by atoms with Crippen LogP contribution in [-0.2, 0) is 6.42 Å². The van der Waals surface area contributed by atoms with Crippen molar-refractivity contribution in [3.8, 4) is 11.5 Å². The van der Waals surface area contributed by atoms with Gasteiger partial charge in [-0.3, -0.25) is 0 Å². The molecule has 106 valence electrons. The van der Waals surface area contributed by atoms with E-state index in [1.807, 2.05) is 6.92 Å². The molecule has 4 nitrogen and oxygen atoms in total. The zero-order valence-electron chi connectivity index (χ0n) is 10.4. The molecular weight excluding hydrogens is 336 g/mol. The summed E-state index contributed by atoms with van der Waals surface area (Å²) in [6.45, 7) is 1.83. The van der Waals surface area contributed by atoms with Gasteiger partial charge in [-0.05, 0) is 18.6 Å². The molecular formula is C13H10BrF2NO3. The monoisotopic (exact) mass is 345 g/mol. The highest BCUT2D eigenvalue weighted by atomic mass is 79.9. The maximum Gasteiger partial charge on any atom is 0.373 e. The van der Waals surface area contributed by atoms with Crippen molar-refractivity contribution in [3.63, 3.8) is 0 Å². The first-order chi connectivity index (χ1) is 9.43. The molecule has 0 saturated carbocycles. The summed E-state index contributed by atoms with van der Waals surface area (Å²) < 4.78 is 32.9. The van der Waals surface area contributed by atoms with Gasteiger partial charge in [-0.2, -0.15) is 0 Å². The summed E-state index contributed by atoms with van der Waals surface area (Å²) in [5.74, 6) is -3.82. The molecule has 0 aliphatic heterocycles. The largest absolute Gasteiger partial charge is 0.475 e. The Hall–Kier alpha value is -1.76. The van der Waals surface area contributed by atoms with Gasteiger partial charge in [-0.25, -0.2) is 18.6 Å². The molecule has 1 aromatic carbocycles. The first kappa shape index (κ1) is 14.6.